The van der Waals surface area contributed by atoms with Crippen molar-refractivity contribution in [3.8, 4) is 0 Å². The number of benzene rings is 2. The Morgan fingerprint density at radius 3 is 2.40 bits per heavy atom. The minimum Gasteiger partial charge on any atom is -0.308 e. The third kappa shape index (κ3) is 5.40. The van der Waals surface area contributed by atoms with Gasteiger partial charge < -0.3 is 4.90 Å². The summed E-state index contributed by atoms with van der Waals surface area (Å²) in [5.74, 6) is -0.0614. The molecule has 6 nitrogen and oxygen atoms in total. The molecular formula is C21H25N3O3S3. The van der Waals surface area contributed by atoms with Gasteiger partial charge in [0.2, 0.25) is 5.91 Å². The number of amides is 1. The molecule has 9 heteroatoms. The fourth-order valence-corrected chi connectivity index (χ4v) is 5.31. The number of thiazole rings is 1. The zero-order valence-corrected chi connectivity index (χ0v) is 19.9. The first-order chi connectivity index (χ1) is 14.2. The Bertz CT molecular complexity index is 1140. The molecule has 0 saturated heterocycles. The zero-order chi connectivity index (χ0) is 21.9. The molecule has 0 radical (unpaired) electrons. The third-order valence-corrected chi connectivity index (χ3v) is 7.50. The van der Waals surface area contributed by atoms with Crippen LogP contribution in [0.3, 0.4) is 0 Å². The summed E-state index contributed by atoms with van der Waals surface area (Å²) < 4.78 is 25.0. The van der Waals surface area contributed by atoms with Gasteiger partial charge in [-0.2, -0.15) is 0 Å². The van der Waals surface area contributed by atoms with Crippen molar-refractivity contribution in [3.63, 3.8) is 0 Å². The molecule has 0 fully saturated rings. The van der Waals surface area contributed by atoms with E-state index in [1.54, 1.807) is 28.8 Å². The topological polar surface area (TPSA) is 70.6 Å². The van der Waals surface area contributed by atoms with Crippen LogP contribution in [-0.4, -0.2) is 63.9 Å². The fraction of sp³-hybridized carbons (Fsp3) is 0.333. The number of nitrogens with zero attached hydrogens (tertiary/aromatic N) is 3. The summed E-state index contributed by atoms with van der Waals surface area (Å²) in [6.07, 6.45) is 3.45. The van der Waals surface area contributed by atoms with E-state index >= 15 is 0 Å². The third-order valence-electron chi connectivity index (χ3n) is 4.59. The molecule has 1 heterocycles. The maximum Gasteiger partial charge on any atom is 0.233 e. The number of carbonyl (C=O) groups excluding carboxylic acids is 1. The molecule has 0 aliphatic heterocycles. The first kappa shape index (κ1) is 22.7. The lowest BCUT2D eigenvalue weighted by atomic mass is 10.1. The average molecular weight is 464 g/mol. The number of likely N-dealkylation sites (N-methyl/N-ethyl adjacent to an activating group) is 1. The van der Waals surface area contributed by atoms with Gasteiger partial charge in [-0.3, -0.25) is 9.69 Å². The second kappa shape index (κ2) is 9.47. The normalized spacial score (nSPS) is 11.9. The van der Waals surface area contributed by atoms with Crippen LogP contribution in [-0.2, 0) is 21.1 Å². The van der Waals surface area contributed by atoms with Gasteiger partial charge >= 0.3 is 0 Å². The number of thioether (sulfide) groups is 1. The Labute approximate surface area is 185 Å². The maximum absolute atomic E-state index is 13.2. The summed E-state index contributed by atoms with van der Waals surface area (Å²) >= 11 is 3.00. The lowest BCUT2D eigenvalue weighted by molar-refractivity contribution is -0.118. The van der Waals surface area contributed by atoms with Gasteiger partial charge in [0.1, 0.15) is 5.52 Å². The highest BCUT2D eigenvalue weighted by molar-refractivity contribution is 7.98. The Kier molecular flexibility index (Phi) is 7.18. The number of rotatable bonds is 8. The highest BCUT2D eigenvalue weighted by Crippen LogP contribution is 2.33. The van der Waals surface area contributed by atoms with Crippen molar-refractivity contribution in [2.75, 3.05) is 44.6 Å². The van der Waals surface area contributed by atoms with Crippen LogP contribution in [0.5, 0.6) is 0 Å². The molecule has 0 N–H and O–H groups in total. The molecular weight excluding hydrogens is 438 g/mol. The molecule has 3 aromatic rings. The van der Waals surface area contributed by atoms with Gasteiger partial charge in [0.25, 0.3) is 0 Å². The van der Waals surface area contributed by atoms with Crippen molar-refractivity contribution >= 4 is 54.2 Å². The van der Waals surface area contributed by atoms with Crippen LogP contribution in [0, 0.1) is 0 Å². The zero-order valence-electron chi connectivity index (χ0n) is 17.5. The van der Waals surface area contributed by atoms with E-state index in [9.17, 15) is 13.2 Å². The predicted molar refractivity (Wildman–Crippen MR) is 126 cm³/mol. The van der Waals surface area contributed by atoms with E-state index in [1.807, 2.05) is 55.6 Å². The largest absolute Gasteiger partial charge is 0.308 e. The van der Waals surface area contributed by atoms with Crippen molar-refractivity contribution in [1.29, 1.82) is 0 Å². The summed E-state index contributed by atoms with van der Waals surface area (Å²) in [4.78, 5) is 22.8. The van der Waals surface area contributed by atoms with Crippen LogP contribution in [0.2, 0.25) is 0 Å². The summed E-state index contributed by atoms with van der Waals surface area (Å²) in [6, 6.07) is 13.0. The molecule has 0 spiro atoms. The number of sulfone groups is 1. The lowest BCUT2D eigenvalue weighted by Crippen LogP contribution is -2.37. The van der Waals surface area contributed by atoms with Gasteiger partial charge in [-0.25, -0.2) is 13.4 Å². The molecule has 0 aliphatic carbocycles. The SMILES string of the molecule is CSc1ccc(CC(=O)N(CCN(C)C)c2nc3c(S(C)(=O)=O)cccc3s2)cc1. The van der Waals surface area contributed by atoms with Gasteiger partial charge in [-0.15, -0.1) is 11.8 Å². The minimum atomic E-state index is -3.41. The molecule has 0 bridgehead atoms. The molecule has 0 aliphatic rings. The molecule has 2 aromatic carbocycles. The summed E-state index contributed by atoms with van der Waals surface area (Å²) in [5.41, 5.74) is 1.36. The Morgan fingerprint density at radius 1 is 1.10 bits per heavy atom. The number of anilines is 1. The van der Waals surface area contributed by atoms with E-state index < -0.39 is 9.84 Å². The van der Waals surface area contributed by atoms with Crippen molar-refractivity contribution in [2.45, 2.75) is 16.2 Å². The van der Waals surface area contributed by atoms with Crippen LogP contribution in [0.25, 0.3) is 10.2 Å². The van der Waals surface area contributed by atoms with Crippen LogP contribution >= 0.6 is 23.1 Å². The van der Waals surface area contributed by atoms with Gasteiger partial charge in [0.05, 0.1) is 16.0 Å². The molecule has 1 aromatic heterocycles. The Morgan fingerprint density at radius 2 is 1.80 bits per heavy atom. The van der Waals surface area contributed by atoms with Crippen LogP contribution in [0.15, 0.2) is 52.3 Å². The summed E-state index contributed by atoms with van der Waals surface area (Å²) in [5, 5.41) is 0.522. The first-order valence-corrected chi connectivity index (χ1v) is 13.3. The van der Waals surface area contributed by atoms with Crippen LogP contribution in [0.4, 0.5) is 5.13 Å². The van der Waals surface area contributed by atoms with Crippen LogP contribution < -0.4 is 4.90 Å². The number of aromatic nitrogens is 1. The first-order valence-electron chi connectivity index (χ1n) is 9.36. The number of hydrogen-bond acceptors (Lipinski definition) is 7. The number of para-hydroxylation sites is 1. The van der Waals surface area contributed by atoms with Gasteiger partial charge in [-0.1, -0.05) is 29.5 Å². The fourth-order valence-electron chi connectivity index (χ4n) is 2.97. The maximum atomic E-state index is 13.2. The van der Waals surface area contributed by atoms with Crippen LogP contribution in [0.1, 0.15) is 5.56 Å². The van der Waals surface area contributed by atoms with Gasteiger partial charge in [0.15, 0.2) is 15.0 Å². The van der Waals surface area contributed by atoms with E-state index in [4.69, 9.17) is 0 Å². The minimum absolute atomic E-state index is 0.0614. The number of fused-ring (bicyclic) bond motifs is 1. The molecule has 1 amide bonds. The standard InChI is InChI=1S/C21H25N3O3S3/c1-23(2)12-13-24(19(25)14-15-8-10-16(28-3)11-9-15)21-22-20-17(29-21)6-5-7-18(20)30(4,26)27/h5-11H,12-14H2,1-4H3. The molecule has 160 valence electrons. The molecule has 30 heavy (non-hydrogen) atoms. The van der Waals surface area contributed by atoms with E-state index in [2.05, 4.69) is 4.98 Å². The summed E-state index contributed by atoms with van der Waals surface area (Å²) in [7, 11) is 0.484. The van der Waals surface area contributed by atoms with Gasteiger partial charge in [-0.05, 0) is 50.2 Å². The second-order valence-electron chi connectivity index (χ2n) is 7.25. The smallest absolute Gasteiger partial charge is 0.233 e. The molecule has 0 unspecified atom stereocenters. The molecule has 3 rings (SSSR count). The summed E-state index contributed by atoms with van der Waals surface area (Å²) in [6.45, 7) is 1.15. The van der Waals surface area contributed by atoms with Gasteiger partial charge in [0, 0.05) is 24.2 Å². The van der Waals surface area contributed by atoms with E-state index in [-0.39, 0.29) is 17.2 Å². The van der Waals surface area contributed by atoms with Crippen molar-refractivity contribution < 1.29 is 13.2 Å². The second-order valence-corrected chi connectivity index (χ2v) is 11.1. The Hall–Kier alpha value is -1.94. The molecule has 0 saturated carbocycles. The average Bonchev–Trinajstić information content (AvgIpc) is 3.11. The lowest BCUT2D eigenvalue weighted by Gasteiger charge is -2.22. The molecule has 0 atom stereocenters. The van der Waals surface area contributed by atoms with Crippen molar-refractivity contribution in [2.24, 2.45) is 0 Å². The monoisotopic (exact) mass is 463 g/mol. The van der Waals surface area contributed by atoms with Crippen molar-refractivity contribution in [1.82, 2.24) is 9.88 Å². The predicted octanol–water partition coefficient (Wildman–Crippen LogP) is 3.56. The number of carbonyl (C=O) groups is 1. The number of hydrogen-bond donors (Lipinski definition) is 0. The Balaban J connectivity index is 1.95. The quantitative estimate of drug-likeness (QED) is 0.476. The highest BCUT2D eigenvalue weighted by Gasteiger charge is 2.22. The van der Waals surface area contributed by atoms with E-state index in [1.165, 1.54) is 17.6 Å². The van der Waals surface area contributed by atoms with E-state index in [0.717, 1.165) is 15.2 Å². The van der Waals surface area contributed by atoms with E-state index in [0.29, 0.717) is 23.7 Å². The highest BCUT2D eigenvalue weighted by atomic mass is 32.2. The van der Waals surface area contributed by atoms with Crippen molar-refractivity contribution in [3.05, 3.63) is 48.0 Å².